The smallest absolute Gasteiger partial charge is 0.244 e. The summed E-state index contributed by atoms with van der Waals surface area (Å²) in [6, 6.07) is 13.7. The molecule has 0 fully saturated rings. The molecule has 0 aliphatic rings. The summed E-state index contributed by atoms with van der Waals surface area (Å²) in [5.74, 6) is -0.0393. The highest BCUT2D eigenvalue weighted by Crippen LogP contribution is 2.26. The Morgan fingerprint density at radius 2 is 1.59 bits per heavy atom. The molecule has 0 spiro atoms. The summed E-state index contributed by atoms with van der Waals surface area (Å²) >= 11 is 0. The van der Waals surface area contributed by atoms with Gasteiger partial charge < -0.3 is 15.0 Å². The minimum absolute atomic E-state index is 0.0976. The molecule has 0 saturated carbocycles. The number of carbonyl (C=O) groups excluding carboxylic acids is 2. The van der Waals surface area contributed by atoms with E-state index in [0.717, 1.165) is 28.1 Å². The third-order valence-electron chi connectivity index (χ3n) is 6.15. The average Bonchev–Trinajstić information content (AvgIpc) is 2.85. The van der Waals surface area contributed by atoms with Crippen molar-refractivity contribution in [3.8, 4) is 5.75 Å². The maximum absolute atomic E-state index is 13.7. The van der Waals surface area contributed by atoms with Crippen molar-refractivity contribution in [2.45, 2.75) is 65.5 Å². The number of nitrogens with one attached hydrogen (secondary N) is 1. The zero-order valence-corrected chi connectivity index (χ0v) is 23.9. The molecule has 1 unspecified atom stereocenters. The lowest BCUT2D eigenvalue weighted by molar-refractivity contribution is -0.140. The molecule has 0 aliphatic heterocycles. The van der Waals surface area contributed by atoms with Gasteiger partial charge in [0.05, 0.1) is 19.1 Å². The molecule has 1 N–H and O–H groups in total. The number of amides is 2. The molecule has 204 valence electrons. The molecule has 2 aromatic carbocycles. The molecule has 1 atom stereocenters. The zero-order valence-electron chi connectivity index (χ0n) is 23.1. The van der Waals surface area contributed by atoms with E-state index < -0.39 is 28.5 Å². The lowest BCUT2D eigenvalue weighted by Crippen LogP contribution is -2.52. The first-order valence-corrected chi connectivity index (χ1v) is 14.4. The highest BCUT2D eigenvalue weighted by molar-refractivity contribution is 7.92. The summed E-state index contributed by atoms with van der Waals surface area (Å²) in [7, 11) is -2.20. The van der Waals surface area contributed by atoms with E-state index in [4.69, 9.17) is 4.74 Å². The van der Waals surface area contributed by atoms with E-state index >= 15 is 0 Å². The van der Waals surface area contributed by atoms with Crippen molar-refractivity contribution in [1.29, 1.82) is 0 Å². The highest BCUT2D eigenvalue weighted by Gasteiger charge is 2.31. The van der Waals surface area contributed by atoms with Crippen LogP contribution in [0.5, 0.6) is 5.75 Å². The second kappa shape index (κ2) is 12.9. The van der Waals surface area contributed by atoms with Crippen molar-refractivity contribution in [2.75, 3.05) is 30.8 Å². The van der Waals surface area contributed by atoms with Crippen molar-refractivity contribution in [2.24, 2.45) is 0 Å². The van der Waals surface area contributed by atoms with Gasteiger partial charge in [-0.3, -0.25) is 13.9 Å². The monoisotopic (exact) mass is 531 g/mol. The summed E-state index contributed by atoms with van der Waals surface area (Å²) in [4.78, 5) is 28.2. The molecule has 37 heavy (non-hydrogen) atoms. The number of hydrogen-bond donors (Lipinski definition) is 1. The molecule has 0 aliphatic carbocycles. The molecule has 2 amide bonds. The molecule has 0 heterocycles. The molecular formula is C28H41N3O5S. The van der Waals surface area contributed by atoms with Crippen molar-refractivity contribution in [3.05, 3.63) is 59.7 Å². The summed E-state index contributed by atoms with van der Waals surface area (Å²) in [6.45, 7) is 10.3. The third-order valence-corrected chi connectivity index (χ3v) is 7.29. The fourth-order valence-corrected chi connectivity index (χ4v) is 4.80. The van der Waals surface area contributed by atoms with Crippen molar-refractivity contribution in [1.82, 2.24) is 10.2 Å². The Labute approximate surface area is 222 Å². The predicted molar refractivity (Wildman–Crippen MR) is 148 cm³/mol. The van der Waals surface area contributed by atoms with Crippen LogP contribution in [0.3, 0.4) is 0 Å². The topological polar surface area (TPSA) is 96.0 Å². The van der Waals surface area contributed by atoms with Gasteiger partial charge in [-0.05, 0) is 53.6 Å². The van der Waals surface area contributed by atoms with Crippen LogP contribution in [0.2, 0.25) is 0 Å². The van der Waals surface area contributed by atoms with Crippen molar-refractivity contribution < 1.29 is 22.7 Å². The van der Waals surface area contributed by atoms with Gasteiger partial charge in [-0.2, -0.15) is 0 Å². The Morgan fingerprint density at radius 3 is 2.05 bits per heavy atom. The zero-order chi connectivity index (χ0) is 27.8. The number of methoxy groups -OCH3 is 1. The van der Waals surface area contributed by atoms with Gasteiger partial charge in [-0.1, -0.05) is 58.9 Å². The minimum atomic E-state index is -3.77. The fourth-order valence-electron chi connectivity index (χ4n) is 3.95. The molecule has 0 saturated heterocycles. The van der Waals surface area contributed by atoms with Gasteiger partial charge >= 0.3 is 0 Å². The first kappa shape index (κ1) is 30.2. The van der Waals surface area contributed by atoms with Crippen LogP contribution in [-0.4, -0.2) is 57.6 Å². The number of carbonyl (C=O) groups is 2. The summed E-state index contributed by atoms with van der Waals surface area (Å²) < 4.78 is 31.9. The first-order chi connectivity index (χ1) is 17.3. The van der Waals surface area contributed by atoms with Crippen LogP contribution in [0.1, 0.15) is 58.6 Å². The molecular weight excluding hydrogens is 490 g/mol. The molecule has 9 heteroatoms. The third kappa shape index (κ3) is 8.49. The SMILES string of the molecule is CCCNC(=O)C(CC)N(Cc1ccc(OC)cc1)C(=O)CN(c1ccc(C(C)(C)C)cc1)S(C)(=O)=O. The van der Waals surface area contributed by atoms with E-state index in [-0.39, 0.29) is 17.9 Å². The summed E-state index contributed by atoms with van der Waals surface area (Å²) in [5, 5.41) is 2.87. The van der Waals surface area contributed by atoms with Gasteiger partial charge in [0.2, 0.25) is 21.8 Å². The number of ether oxygens (including phenoxy) is 1. The van der Waals surface area contributed by atoms with Gasteiger partial charge in [0.15, 0.2) is 0 Å². The molecule has 0 aromatic heterocycles. The van der Waals surface area contributed by atoms with Crippen LogP contribution in [0.25, 0.3) is 0 Å². The van der Waals surface area contributed by atoms with E-state index in [1.807, 2.05) is 38.1 Å². The van der Waals surface area contributed by atoms with Crippen molar-refractivity contribution >= 4 is 27.5 Å². The Morgan fingerprint density at radius 1 is 1.00 bits per heavy atom. The van der Waals surface area contributed by atoms with E-state index in [9.17, 15) is 18.0 Å². The van der Waals surface area contributed by atoms with Crippen LogP contribution >= 0.6 is 0 Å². The highest BCUT2D eigenvalue weighted by atomic mass is 32.2. The number of nitrogens with zero attached hydrogens (tertiary/aromatic N) is 2. The van der Waals surface area contributed by atoms with E-state index in [1.165, 1.54) is 4.90 Å². The molecule has 8 nitrogen and oxygen atoms in total. The van der Waals surface area contributed by atoms with Crippen LogP contribution in [-0.2, 0) is 31.6 Å². The largest absolute Gasteiger partial charge is 0.497 e. The van der Waals surface area contributed by atoms with Crippen LogP contribution in [0.4, 0.5) is 5.69 Å². The summed E-state index contributed by atoms with van der Waals surface area (Å²) in [5.41, 5.74) is 2.16. The predicted octanol–water partition coefficient (Wildman–Crippen LogP) is 4.09. The first-order valence-electron chi connectivity index (χ1n) is 12.6. The van der Waals surface area contributed by atoms with Crippen LogP contribution < -0.4 is 14.4 Å². The van der Waals surface area contributed by atoms with E-state index in [1.54, 1.807) is 31.4 Å². The van der Waals surface area contributed by atoms with Crippen molar-refractivity contribution in [3.63, 3.8) is 0 Å². The van der Waals surface area contributed by atoms with E-state index in [2.05, 4.69) is 26.1 Å². The van der Waals surface area contributed by atoms with Gasteiger partial charge in [0.1, 0.15) is 18.3 Å². The maximum Gasteiger partial charge on any atom is 0.244 e. The minimum Gasteiger partial charge on any atom is -0.497 e. The second-order valence-corrected chi connectivity index (χ2v) is 12.1. The number of rotatable bonds is 12. The molecule has 0 radical (unpaired) electrons. The summed E-state index contributed by atoms with van der Waals surface area (Å²) in [6.07, 6.45) is 2.23. The van der Waals surface area contributed by atoms with E-state index in [0.29, 0.717) is 24.4 Å². The van der Waals surface area contributed by atoms with Gasteiger partial charge in [-0.15, -0.1) is 0 Å². The second-order valence-electron chi connectivity index (χ2n) is 10.2. The average molecular weight is 532 g/mol. The molecule has 2 aromatic rings. The van der Waals surface area contributed by atoms with Gasteiger partial charge in [0.25, 0.3) is 0 Å². The van der Waals surface area contributed by atoms with Gasteiger partial charge in [-0.25, -0.2) is 8.42 Å². The number of sulfonamides is 1. The molecule has 2 rings (SSSR count). The number of benzene rings is 2. The Bertz CT molecular complexity index is 1140. The number of anilines is 1. The Kier molecular flexibility index (Phi) is 10.5. The van der Waals surface area contributed by atoms with Crippen LogP contribution in [0, 0.1) is 0 Å². The lowest BCUT2D eigenvalue weighted by Gasteiger charge is -2.33. The molecule has 0 bridgehead atoms. The maximum atomic E-state index is 13.7. The Hall–Kier alpha value is -3.07. The standard InChI is InChI=1S/C28H41N3O5S/c1-8-18-29-27(33)25(9-2)30(19-21-10-16-24(36-6)17-11-21)26(32)20-31(37(7,34)35)23-14-12-22(13-15-23)28(3,4)5/h10-17,25H,8-9,18-20H2,1-7H3,(H,29,33). The van der Waals surface area contributed by atoms with Crippen LogP contribution in [0.15, 0.2) is 48.5 Å². The quantitative estimate of drug-likeness (QED) is 0.445. The Balaban J connectivity index is 2.42. The number of hydrogen-bond acceptors (Lipinski definition) is 5. The van der Waals surface area contributed by atoms with Gasteiger partial charge in [0, 0.05) is 13.1 Å². The lowest BCUT2D eigenvalue weighted by atomic mass is 9.87. The normalized spacial score (nSPS) is 12.5. The fraction of sp³-hybridized carbons (Fsp3) is 0.500.